The summed E-state index contributed by atoms with van der Waals surface area (Å²) < 4.78 is 4.93. The molecule has 1 fully saturated rings. The van der Waals surface area contributed by atoms with Crippen LogP contribution in [0.3, 0.4) is 0 Å². The number of rotatable bonds is 2. The highest BCUT2D eigenvalue weighted by Crippen LogP contribution is 1.98. The number of carbonyl (C=O) groups is 1. The largest absolute Gasteiger partial charge is 0.445 e. The van der Waals surface area contributed by atoms with E-state index in [4.69, 9.17) is 4.74 Å². The maximum absolute atomic E-state index is 11.3. The van der Waals surface area contributed by atoms with E-state index in [0.717, 1.165) is 32.6 Å². The number of hydrogen-bond donors (Lipinski definition) is 1. The van der Waals surface area contributed by atoms with Crippen LogP contribution >= 0.6 is 0 Å². The second-order valence-corrected chi connectivity index (χ2v) is 2.96. The molecule has 0 aromatic heterocycles. The molecule has 0 atom stereocenters. The molecule has 0 saturated carbocycles. The summed E-state index contributed by atoms with van der Waals surface area (Å²) in [6.07, 6.45) is 2.33. The molecule has 0 spiro atoms. The van der Waals surface area contributed by atoms with E-state index >= 15 is 0 Å². The Kier molecular flexibility index (Phi) is 4.32. The molecule has 13 heavy (non-hydrogen) atoms. The first kappa shape index (κ1) is 10.1. The first-order valence-corrected chi connectivity index (χ1v) is 4.58. The molecule has 1 N–H and O–H groups in total. The minimum Gasteiger partial charge on any atom is -0.445 e. The average Bonchev–Trinajstić information content (AvgIpc) is 2.42. The van der Waals surface area contributed by atoms with Gasteiger partial charge in [-0.1, -0.05) is 12.7 Å². The standard InChI is InChI=1S/C9H16N2O2/c1-2-8-13-9(12)11-6-3-4-10-5-7-11/h2,10H,1,3-8H2. The van der Waals surface area contributed by atoms with Crippen LogP contribution in [0.2, 0.25) is 0 Å². The van der Waals surface area contributed by atoms with Crippen molar-refractivity contribution < 1.29 is 9.53 Å². The fourth-order valence-corrected chi connectivity index (χ4v) is 1.25. The van der Waals surface area contributed by atoms with Gasteiger partial charge in [-0.2, -0.15) is 0 Å². The van der Waals surface area contributed by atoms with E-state index in [1.54, 1.807) is 11.0 Å². The summed E-state index contributed by atoms with van der Waals surface area (Å²) in [5.74, 6) is 0. The van der Waals surface area contributed by atoms with Crippen LogP contribution in [-0.2, 0) is 4.74 Å². The molecule has 0 bridgehead atoms. The Bertz CT molecular complexity index is 174. The number of nitrogens with one attached hydrogen (secondary N) is 1. The zero-order valence-corrected chi connectivity index (χ0v) is 7.79. The van der Waals surface area contributed by atoms with Gasteiger partial charge in [0, 0.05) is 19.6 Å². The molecule has 1 aliphatic heterocycles. The number of ether oxygens (including phenoxy) is 1. The molecule has 4 nitrogen and oxygen atoms in total. The zero-order valence-electron chi connectivity index (χ0n) is 7.79. The van der Waals surface area contributed by atoms with Crippen LogP contribution in [0.4, 0.5) is 4.79 Å². The Morgan fingerprint density at radius 1 is 1.54 bits per heavy atom. The van der Waals surface area contributed by atoms with Gasteiger partial charge in [0.05, 0.1) is 0 Å². The summed E-state index contributed by atoms with van der Waals surface area (Å²) in [6, 6.07) is 0. The van der Waals surface area contributed by atoms with Crippen molar-refractivity contribution in [1.82, 2.24) is 10.2 Å². The van der Waals surface area contributed by atoms with Gasteiger partial charge < -0.3 is 15.0 Å². The molecule has 0 aromatic carbocycles. The molecule has 0 aromatic rings. The fourth-order valence-electron chi connectivity index (χ4n) is 1.25. The Hall–Kier alpha value is -1.03. The summed E-state index contributed by atoms with van der Waals surface area (Å²) in [4.78, 5) is 13.1. The summed E-state index contributed by atoms with van der Waals surface area (Å²) in [5, 5.41) is 3.22. The van der Waals surface area contributed by atoms with E-state index < -0.39 is 0 Å². The maximum atomic E-state index is 11.3. The highest BCUT2D eigenvalue weighted by molar-refractivity contribution is 5.67. The molecule has 1 aliphatic rings. The second kappa shape index (κ2) is 5.59. The molecule has 1 rings (SSSR count). The lowest BCUT2D eigenvalue weighted by Gasteiger charge is -2.18. The first-order valence-electron chi connectivity index (χ1n) is 4.58. The van der Waals surface area contributed by atoms with Gasteiger partial charge in [0.1, 0.15) is 6.61 Å². The minimum atomic E-state index is -0.233. The lowest BCUT2D eigenvalue weighted by molar-refractivity contribution is 0.115. The molecule has 0 radical (unpaired) electrons. The molecule has 4 heteroatoms. The quantitative estimate of drug-likeness (QED) is 0.639. The predicted octanol–water partition coefficient (Wildman–Crippen LogP) is 0.604. The summed E-state index contributed by atoms with van der Waals surface area (Å²) in [6.45, 7) is 7.12. The molecular formula is C9H16N2O2. The Morgan fingerprint density at radius 2 is 2.38 bits per heavy atom. The number of carbonyl (C=O) groups excluding carboxylic acids is 1. The third-order valence-electron chi connectivity index (χ3n) is 1.92. The minimum absolute atomic E-state index is 0.233. The number of amides is 1. The van der Waals surface area contributed by atoms with Crippen LogP contribution in [0.5, 0.6) is 0 Å². The van der Waals surface area contributed by atoms with Crippen molar-refractivity contribution in [3.8, 4) is 0 Å². The van der Waals surface area contributed by atoms with Crippen LogP contribution in [0, 0.1) is 0 Å². The Labute approximate surface area is 78.5 Å². The average molecular weight is 184 g/mol. The van der Waals surface area contributed by atoms with Gasteiger partial charge in [0.25, 0.3) is 0 Å². The van der Waals surface area contributed by atoms with Crippen molar-refractivity contribution >= 4 is 6.09 Å². The van der Waals surface area contributed by atoms with E-state index in [1.807, 2.05) is 0 Å². The molecule has 1 heterocycles. The number of nitrogens with zero attached hydrogens (tertiary/aromatic N) is 1. The van der Waals surface area contributed by atoms with Crippen molar-refractivity contribution in [2.24, 2.45) is 0 Å². The lowest BCUT2D eigenvalue weighted by atomic mass is 10.4. The van der Waals surface area contributed by atoms with Crippen molar-refractivity contribution in [3.05, 3.63) is 12.7 Å². The summed E-state index contributed by atoms with van der Waals surface area (Å²) in [5.41, 5.74) is 0. The maximum Gasteiger partial charge on any atom is 0.410 e. The summed E-state index contributed by atoms with van der Waals surface area (Å²) >= 11 is 0. The monoisotopic (exact) mass is 184 g/mol. The van der Waals surface area contributed by atoms with Crippen LogP contribution in [0.15, 0.2) is 12.7 Å². The van der Waals surface area contributed by atoms with Crippen LogP contribution in [0.1, 0.15) is 6.42 Å². The third kappa shape index (κ3) is 3.46. The predicted molar refractivity (Wildman–Crippen MR) is 50.6 cm³/mol. The molecule has 1 saturated heterocycles. The van der Waals surface area contributed by atoms with E-state index in [9.17, 15) is 4.79 Å². The van der Waals surface area contributed by atoms with Gasteiger partial charge in [-0.05, 0) is 13.0 Å². The molecule has 74 valence electrons. The third-order valence-corrected chi connectivity index (χ3v) is 1.92. The van der Waals surface area contributed by atoms with Gasteiger partial charge in [0.15, 0.2) is 0 Å². The van der Waals surface area contributed by atoms with E-state index in [-0.39, 0.29) is 6.09 Å². The highest BCUT2D eigenvalue weighted by Gasteiger charge is 2.15. The van der Waals surface area contributed by atoms with Gasteiger partial charge in [-0.25, -0.2) is 4.79 Å². The van der Waals surface area contributed by atoms with Crippen LogP contribution < -0.4 is 5.32 Å². The van der Waals surface area contributed by atoms with Crippen LogP contribution in [0.25, 0.3) is 0 Å². The number of hydrogen-bond acceptors (Lipinski definition) is 3. The Balaban J connectivity index is 2.30. The smallest absolute Gasteiger partial charge is 0.410 e. The zero-order chi connectivity index (χ0) is 9.52. The van der Waals surface area contributed by atoms with Gasteiger partial charge >= 0.3 is 6.09 Å². The normalized spacial score (nSPS) is 17.7. The van der Waals surface area contributed by atoms with Crippen molar-refractivity contribution in [3.63, 3.8) is 0 Å². The van der Waals surface area contributed by atoms with Gasteiger partial charge in [-0.3, -0.25) is 0 Å². The highest BCUT2D eigenvalue weighted by atomic mass is 16.6. The SMILES string of the molecule is C=CCOC(=O)N1CCCNCC1. The van der Waals surface area contributed by atoms with Crippen LogP contribution in [-0.4, -0.2) is 43.8 Å². The van der Waals surface area contributed by atoms with Crippen molar-refractivity contribution in [2.45, 2.75) is 6.42 Å². The molecular weight excluding hydrogens is 168 g/mol. The van der Waals surface area contributed by atoms with Gasteiger partial charge in [0.2, 0.25) is 0 Å². The topological polar surface area (TPSA) is 41.6 Å². The Morgan fingerprint density at radius 3 is 3.15 bits per heavy atom. The first-order chi connectivity index (χ1) is 6.34. The van der Waals surface area contributed by atoms with E-state index in [2.05, 4.69) is 11.9 Å². The van der Waals surface area contributed by atoms with E-state index in [0.29, 0.717) is 6.61 Å². The van der Waals surface area contributed by atoms with E-state index in [1.165, 1.54) is 0 Å². The second-order valence-electron chi connectivity index (χ2n) is 2.96. The molecule has 0 aliphatic carbocycles. The molecule has 0 unspecified atom stereocenters. The van der Waals surface area contributed by atoms with Gasteiger partial charge in [-0.15, -0.1) is 0 Å². The lowest BCUT2D eigenvalue weighted by Crippen LogP contribution is -2.34. The summed E-state index contributed by atoms with van der Waals surface area (Å²) in [7, 11) is 0. The van der Waals surface area contributed by atoms with Crippen molar-refractivity contribution in [1.29, 1.82) is 0 Å². The fraction of sp³-hybridized carbons (Fsp3) is 0.667. The van der Waals surface area contributed by atoms with Crippen molar-refractivity contribution in [2.75, 3.05) is 32.8 Å². The molecule has 1 amide bonds.